The molecule has 0 aliphatic heterocycles. The van der Waals surface area contributed by atoms with Gasteiger partial charge in [-0.05, 0) is 0 Å². The van der Waals surface area contributed by atoms with Crippen LogP contribution in [0.1, 0.15) is 0 Å². The molecule has 3 N–H and O–H groups in total. The van der Waals surface area contributed by atoms with Gasteiger partial charge in [-0.15, -0.1) is 0 Å². The van der Waals surface area contributed by atoms with Gasteiger partial charge in [0.05, 0.1) is 0 Å². The zero-order valence-corrected chi connectivity index (χ0v) is 6.70. The van der Waals surface area contributed by atoms with E-state index in [2.05, 4.69) is 15.6 Å². The predicted octanol–water partition coefficient (Wildman–Crippen LogP) is -0.414. The normalized spacial score (nSPS) is 25.7. The molecule has 1 atom stereocenters. The summed E-state index contributed by atoms with van der Waals surface area (Å²) in [5, 5.41) is 26.8. The van der Waals surface area contributed by atoms with Crippen LogP contribution in [0, 0.1) is 0 Å². The molecule has 1 aliphatic carbocycles. The maximum atomic E-state index is 9.01. The van der Waals surface area contributed by atoms with Crippen LogP contribution in [-0.2, 0) is 0 Å². The van der Waals surface area contributed by atoms with Crippen LogP contribution < -0.4 is 0 Å². The van der Waals surface area contributed by atoms with Gasteiger partial charge < -0.3 is 0 Å². The Morgan fingerprint density at radius 2 is 2.00 bits per heavy atom. The second kappa shape index (κ2) is 2.58. The first-order chi connectivity index (χ1) is 4.61. The maximum absolute atomic E-state index is 9.01. The summed E-state index contributed by atoms with van der Waals surface area (Å²) < 4.78 is 0.331. The molecule has 0 fully saturated rings. The first kappa shape index (κ1) is 7.54. The average molecular weight is 205 g/mol. The standard InChI is InChI=1S/C6H6O3Se/c7-3-1-4(8)6(10)5(9)2-3/h1-2,4,7-9H. The Kier molecular flexibility index (Phi) is 1.94. The molecular formula is C6H6O3Se. The van der Waals surface area contributed by atoms with Gasteiger partial charge in [-0.2, -0.15) is 0 Å². The fraction of sp³-hybridized carbons (Fsp3) is 0.167. The molecule has 0 bridgehead atoms. The van der Waals surface area contributed by atoms with Gasteiger partial charge in [-0.1, -0.05) is 0 Å². The molecule has 0 heterocycles. The Morgan fingerprint density at radius 1 is 1.40 bits per heavy atom. The third kappa shape index (κ3) is 1.29. The summed E-state index contributed by atoms with van der Waals surface area (Å²) >= 11 is 2.49. The Hall–Kier alpha value is -0.571. The number of hydrogen-bond acceptors (Lipinski definition) is 3. The summed E-state index contributed by atoms with van der Waals surface area (Å²) in [6.07, 6.45) is 1.48. The molecule has 0 aromatic rings. The van der Waals surface area contributed by atoms with E-state index in [9.17, 15) is 0 Å². The third-order valence-electron chi connectivity index (χ3n) is 1.13. The Morgan fingerprint density at radius 3 is 2.50 bits per heavy atom. The molecule has 1 rings (SSSR count). The van der Waals surface area contributed by atoms with Crippen LogP contribution in [0.3, 0.4) is 0 Å². The van der Waals surface area contributed by atoms with Crippen molar-refractivity contribution in [2.24, 2.45) is 0 Å². The van der Waals surface area contributed by atoms with Crippen LogP contribution >= 0.6 is 0 Å². The second-order valence-corrected chi connectivity index (χ2v) is 2.85. The number of allylic oxidation sites excluding steroid dienone is 1. The molecule has 0 spiro atoms. The number of aliphatic hydroxyl groups excluding tert-OH is 3. The van der Waals surface area contributed by atoms with Gasteiger partial charge in [-0.25, -0.2) is 0 Å². The molecule has 0 radical (unpaired) electrons. The van der Waals surface area contributed by atoms with Crippen molar-refractivity contribution >= 4 is 20.0 Å². The molecule has 0 saturated carbocycles. The van der Waals surface area contributed by atoms with Crippen molar-refractivity contribution in [2.75, 3.05) is 0 Å². The van der Waals surface area contributed by atoms with Crippen LogP contribution in [0.2, 0.25) is 0 Å². The summed E-state index contributed by atoms with van der Waals surface area (Å²) in [5.41, 5.74) is 0. The van der Waals surface area contributed by atoms with E-state index < -0.39 is 6.10 Å². The predicted molar refractivity (Wildman–Crippen MR) is 38.2 cm³/mol. The molecule has 4 heteroatoms. The van der Waals surface area contributed by atoms with Gasteiger partial charge in [0.25, 0.3) is 0 Å². The molecule has 1 aliphatic rings. The summed E-state index contributed by atoms with van der Waals surface area (Å²) in [5.74, 6) is -0.239. The van der Waals surface area contributed by atoms with Crippen LogP contribution in [0.4, 0.5) is 0 Å². The van der Waals surface area contributed by atoms with Crippen LogP contribution in [0.15, 0.2) is 23.7 Å². The van der Waals surface area contributed by atoms with Crippen molar-refractivity contribution in [3.05, 3.63) is 23.7 Å². The summed E-state index contributed by atoms with van der Waals surface area (Å²) in [6.45, 7) is 0. The van der Waals surface area contributed by atoms with E-state index in [4.69, 9.17) is 15.3 Å². The molecule has 0 saturated heterocycles. The first-order valence-corrected chi connectivity index (χ1v) is 3.50. The van der Waals surface area contributed by atoms with Gasteiger partial charge in [0.15, 0.2) is 0 Å². The van der Waals surface area contributed by atoms with Gasteiger partial charge in [0.2, 0.25) is 0 Å². The van der Waals surface area contributed by atoms with Crippen molar-refractivity contribution in [3.8, 4) is 0 Å². The molecule has 54 valence electrons. The summed E-state index contributed by atoms with van der Waals surface area (Å²) in [4.78, 5) is 0. The topological polar surface area (TPSA) is 60.7 Å². The van der Waals surface area contributed by atoms with Crippen molar-refractivity contribution in [1.29, 1.82) is 0 Å². The quantitative estimate of drug-likeness (QED) is 0.471. The zero-order valence-electron chi connectivity index (χ0n) is 4.98. The SMILES string of the molecule is OC1=CC(O)C(=[Se])C(O)=C1. The minimum atomic E-state index is -0.912. The van der Waals surface area contributed by atoms with Crippen LogP contribution in [0.5, 0.6) is 0 Å². The number of aliphatic hydroxyl groups is 3. The molecule has 3 nitrogen and oxygen atoms in total. The van der Waals surface area contributed by atoms with E-state index in [1.807, 2.05) is 0 Å². The van der Waals surface area contributed by atoms with E-state index in [0.29, 0.717) is 4.42 Å². The fourth-order valence-corrected chi connectivity index (χ4v) is 0.915. The second-order valence-electron chi connectivity index (χ2n) is 1.93. The zero-order chi connectivity index (χ0) is 7.72. The van der Waals surface area contributed by atoms with Crippen molar-refractivity contribution in [3.63, 3.8) is 0 Å². The summed E-state index contributed by atoms with van der Waals surface area (Å²) in [7, 11) is 0. The summed E-state index contributed by atoms with van der Waals surface area (Å²) in [6, 6.07) is 0. The Bertz CT molecular complexity index is 229. The molecule has 0 amide bonds. The fourth-order valence-electron chi connectivity index (χ4n) is 0.648. The Balaban J connectivity index is 2.95. The minimum absolute atomic E-state index is 0.118. The van der Waals surface area contributed by atoms with E-state index >= 15 is 0 Å². The van der Waals surface area contributed by atoms with Crippen molar-refractivity contribution in [2.45, 2.75) is 6.10 Å². The molecule has 1 unspecified atom stereocenters. The van der Waals surface area contributed by atoms with E-state index in [1.165, 1.54) is 12.2 Å². The molecule has 10 heavy (non-hydrogen) atoms. The van der Waals surface area contributed by atoms with Gasteiger partial charge >= 0.3 is 65.1 Å². The van der Waals surface area contributed by atoms with E-state index in [0.717, 1.165) is 0 Å². The Labute approximate surface area is 65.7 Å². The van der Waals surface area contributed by atoms with Crippen molar-refractivity contribution < 1.29 is 15.3 Å². The molecular weight excluding hydrogens is 199 g/mol. The first-order valence-electron chi connectivity index (χ1n) is 2.65. The van der Waals surface area contributed by atoms with E-state index in [1.54, 1.807) is 0 Å². The van der Waals surface area contributed by atoms with Crippen LogP contribution in [-0.4, -0.2) is 41.4 Å². The molecule has 0 aromatic carbocycles. The monoisotopic (exact) mass is 206 g/mol. The third-order valence-corrected chi connectivity index (χ3v) is 2.08. The van der Waals surface area contributed by atoms with Crippen molar-refractivity contribution in [1.82, 2.24) is 0 Å². The van der Waals surface area contributed by atoms with Gasteiger partial charge in [-0.3, -0.25) is 0 Å². The number of hydrogen-bond donors (Lipinski definition) is 3. The van der Waals surface area contributed by atoms with Gasteiger partial charge in [0.1, 0.15) is 0 Å². The molecule has 0 aromatic heterocycles. The average Bonchev–Trinajstić information content (AvgIpc) is 1.82. The number of rotatable bonds is 0. The van der Waals surface area contributed by atoms with E-state index in [-0.39, 0.29) is 11.5 Å². The van der Waals surface area contributed by atoms with Crippen LogP contribution in [0.25, 0.3) is 0 Å². The van der Waals surface area contributed by atoms with Gasteiger partial charge in [0, 0.05) is 0 Å².